The zero-order chi connectivity index (χ0) is 22.6. The molecular weight excluding hydrogens is 444 g/mol. The monoisotopic (exact) mass is 472 g/mol. The summed E-state index contributed by atoms with van der Waals surface area (Å²) in [5.74, 6) is 0.801. The summed E-state index contributed by atoms with van der Waals surface area (Å²) in [5.41, 5.74) is 2.79. The second-order valence-electron chi connectivity index (χ2n) is 7.07. The highest BCUT2D eigenvalue weighted by molar-refractivity contribution is 7.95. The number of benzene rings is 2. The molecule has 0 radical (unpaired) electrons. The Hall–Kier alpha value is -2.59. The molecule has 1 aromatic heterocycles. The van der Waals surface area contributed by atoms with Gasteiger partial charge in [-0.05, 0) is 49.1 Å². The van der Waals surface area contributed by atoms with Gasteiger partial charge in [0.15, 0.2) is 0 Å². The van der Waals surface area contributed by atoms with E-state index in [0.717, 1.165) is 65.5 Å². The van der Waals surface area contributed by atoms with Gasteiger partial charge in [0, 0.05) is 29.6 Å². The lowest BCUT2D eigenvalue weighted by molar-refractivity contribution is 0.134. The number of nitrogens with zero attached hydrogens (tertiary/aromatic N) is 1. The van der Waals surface area contributed by atoms with Crippen molar-refractivity contribution in [1.82, 2.24) is 15.0 Å². The Morgan fingerprint density at radius 3 is 2.66 bits per heavy atom. The first kappa shape index (κ1) is 24.1. The number of nitrogens with two attached hydrogens (primary N) is 1. The van der Waals surface area contributed by atoms with Crippen LogP contribution in [0.2, 0.25) is 0 Å². The molecule has 0 aliphatic rings. The highest BCUT2D eigenvalue weighted by Crippen LogP contribution is 2.29. The van der Waals surface area contributed by atoms with Gasteiger partial charge in [-0.25, -0.2) is 9.78 Å². The number of carbonyl (C=O) groups excluding carboxylic acids is 1. The van der Waals surface area contributed by atoms with Crippen LogP contribution in [0.25, 0.3) is 10.6 Å². The summed E-state index contributed by atoms with van der Waals surface area (Å²) >= 11 is 2.67. The number of thiazole rings is 1. The van der Waals surface area contributed by atoms with Crippen LogP contribution in [0.5, 0.6) is 5.75 Å². The molecule has 0 spiro atoms. The van der Waals surface area contributed by atoms with Gasteiger partial charge in [-0.2, -0.15) is 0 Å². The molecule has 0 saturated carbocycles. The Balaban J connectivity index is 1.64. The van der Waals surface area contributed by atoms with Crippen LogP contribution in [0.3, 0.4) is 0 Å². The van der Waals surface area contributed by atoms with E-state index in [1.54, 1.807) is 18.4 Å². The number of hydrogen-bond acceptors (Lipinski definition) is 8. The van der Waals surface area contributed by atoms with Crippen LogP contribution in [0.4, 0.5) is 4.79 Å². The van der Waals surface area contributed by atoms with Crippen molar-refractivity contribution in [2.75, 3.05) is 13.7 Å². The fourth-order valence-electron chi connectivity index (χ4n) is 3.12. The minimum absolute atomic E-state index is 0.227. The second kappa shape index (κ2) is 13.1. The number of methoxy groups -OCH3 is 1. The van der Waals surface area contributed by atoms with Crippen molar-refractivity contribution in [3.8, 4) is 16.3 Å². The Morgan fingerprint density at radius 1 is 1.16 bits per heavy atom. The second-order valence-corrected chi connectivity index (χ2v) is 8.46. The minimum Gasteiger partial charge on any atom is -0.497 e. The summed E-state index contributed by atoms with van der Waals surface area (Å²) < 4.78 is 13.7. The maximum absolute atomic E-state index is 12.5. The number of nitrogens with one attached hydrogen (secondary N) is 2. The predicted octanol–water partition coefficient (Wildman–Crippen LogP) is 5.07. The third-order valence-corrected chi connectivity index (χ3v) is 6.11. The van der Waals surface area contributed by atoms with Crippen LogP contribution >= 0.6 is 23.5 Å². The zero-order valence-electron chi connectivity index (χ0n) is 18.0. The Bertz CT molecular complexity index is 951. The molecule has 7 nitrogen and oxygen atoms in total. The van der Waals surface area contributed by atoms with Crippen LogP contribution in [0.1, 0.15) is 36.6 Å². The fourth-order valence-corrected chi connectivity index (χ4v) is 4.26. The van der Waals surface area contributed by atoms with Crippen molar-refractivity contribution >= 4 is 29.6 Å². The molecule has 2 aromatic carbocycles. The molecule has 3 aromatic rings. The molecule has 3 rings (SSSR count). The third-order valence-electron chi connectivity index (χ3n) is 4.83. The SMILES string of the molecule is COc1ccc(-c2nc(C(CCCCNSN)NC(=O)OCc3ccccc3)cs2)cc1. The lowest BCUT2D eigenvalue weighted by Gasteiger charge is -2.17. The lowest BCUT2D eigenvalue weighted by atomic mass is 10.1. The summed E-state index contributed by atoms with van der Waals surface area (Å²) in [4.78, 5) is 17.3. The quantitative estimate of drug-likeness (QED) is 0.250. The van der Waals surface area contributed by atoms with Crippen molar-refractivity contribution in [1.29, 1.82) is 0 Å². The average molecular weight is 473 g/mol. The number of ether oxygens (including phenoxy) is 2. The van der Waals surface area contributed by atoms with Gasteiger partial charge in [0.25, 0.3) is 0 Å². The van der Waals surface area contributed by atoms with Crippen molar-refractivity contribution in [3.05, 3.63) is 71.2 Å². The first-order valence-electron chi connectivity index (χ1n) is 10.3. The van der Waals surface area contributed by atoms with Gasteiger partial charge in [-0.1, -0.05) is 30.3 Å². The van der Waals surface area contributed by atoms with Crippen LogP contribution in [0.15, 0.2) is 60.0 Å². The number of alkyl carbamates (subject to hydrolysis) is 1. The third kappa shape index (κ3) is 7.52. The molecular formula is C23H28N4O3S2. The van der Waals surface area contributed by atoms with E-state index in [0.29, 0.717) is 0 Å². The van der Waals surface area contributed by atoms with E-state index in [2.05, 4.69) is 10.0 Å². The summed E-state index contributed by atoms with van der Waals surface area (Å²) in [7, 11) is 1.64. The maximum Gasteiger partial charge on any atom is 0.408 e. The summed E-state index contributed by atoms with van der Waals surface area (Å²) in [6, 6.07) is 17.2. The van der Waals surface area contributed by atoms with Crippen molar-refractivity contribution < 1.29 is 14.3 Å². The minimum atomic E-state index is -0.450. The molecule has 0 saturated heterocycles. The predicted molar refractivity (Wildman–Crippen MR) is 130 cm³/mol. The molecule has 0 aliphatic heterocycles. The Kier molecular flexibility index (Phi) is 9.83. The number of carbonyl (C=O) groups is 1. The normalized spacial score (nSPS) is 11.7. The van der Waals surface area contributed by atoms with E-state index in [-0.39, 0.29) is 12.6 Å². The van der Waals surface area contributed by atoms with Gasteiger partial charge < -0.3 is 14.8 Å². The molecule has 0 bridgehead atoms. The number of unbranched alkanes of at least 4 members (excludes halogenated alkanes) is 1. The van der Waals surface area contributed by atoms with Crippen molar-refractivity contribution in [3.63, 3.8) is 0 Å². The number of amides is 1. The van der Waals surface area contributed by atoms with Gasteiger partial charge in [0.05, 0.1) is 18.8 Å². The van der Waals surface area contributed by atoms with Crippen molar-refractivity contribution in [2.24, 2.45) is 5.14 Å². The first-order valence-corrected chi connectivity index (χ1v) is 12.1. The highest BCUT2D eigenvalue weighted by atomic mass is 32.2. The molecule has 170 valence electrons. The Labute approximate surface area is 197 Å². The molecule has 32 heavy (non-hydrogen) atoms. The highest BCUT2D eigenvalue weighted by Gasteiger charge is 2.19. The smallest absolute Gasteiger partial charge is 0.408 e. The molecule has 1 atom stereocenters. The molecule has 1 amide bonds. The molecule has 1 heterocycles. The van der Waals surface area contributed by atoms with E-state index >= 15 is 0 Å². The molecule has 0 fully saturated rings. The summed E-state index contributed by atoms with van der Waals surface area (Å²) in [5, 5.41) is 11.3. The zero-order valence-corrected chi connectivity index (χ0v) is 19.6. The lowest BCUT2D eigenvalue weighted by Crippen LogP contribution is -2.29. The number of rotatable bonds is 12. The van der Waals surface area contributed by atoms with E-state index in [1.165, 1.54) is 0 Å². The van der Waals surface area contributed by atoms with Gasteiger partial charge in [0.2, 0.25) is 0 Å². The fraction of sp³-hybridized carbons (Fsp3) is 0.304. The topological polar surface area (TPSA) is 98.5 Å². The average Bonchev–Trinajstić information content (AvgIpc) is 3.33. The summed E-state index contributed by atoms with van der Waals surface area (Å²) in [6.45, 7) is 1.03. The van der Waals surface area contributed by atoms with E-state index in [9.17, 15) is 4.79 Å². The van der Waals surface area contributed by atoms with Crippen LogP contribution < -0.4 is 19.9 Å². The number of aromatic nitrogens is 1. The van der Waals surface area contributed by atoms with Gasteiger partial charge >= 0.3 is 6.09 Å². The standard InChI is InChI=1S/C23H28N4O3S2/c1-29-19-12-10-18(11-13-19)22-26-21(16-31-22)20(9-5-6-14-25-32-24)27-23(28)30-15-17-7-3-2-4-8-17/h2-4,7-8,10-13,16,20,25H,5-6,9,14-15,24H2,1H3,(H,27,28). The van der Waals surface area contributed by atoms with Gasteiger partial charge in [0.1, 0.15) is 17.4 Å². The van der Waals surface area contributed by atoms with Crippen LogP contribution in [-0.2, 0) is 11.3 Å². The molecule has 0 aliphatic carbocycles. The molecule has 9 heteroatoms. The van der Waals surface area contributed by atoms with Crippen molar-refractivity contribution in [2.45, 2.75) is 31.9 Å². The first-order chi connectivity index (χ1) is 15.7. The van der Waals surface area contributed by atoms with Crippen LogP contribution in [-0.4, -0.2) is 24.7 Å². The molecule has 4 N–H and O–H groups in total. The van der Waals surface area contributed by atoms with Crippen LogP contribution in [0, 0.1) is 0 Å². The maximum atomic E-state index is 12.5. The van der Waals surface area contributed by atoms with E-state index < -0.39 is 6.09 Å². The summed E-state index contributed by atoms with van der Waals surface area (Å²) in [6.07, 6.45) is 2.15. The van der Waals surface area contributed by atoms with E-state index in [1.807, 2.05) is 60.0 Å². The molecule has 1 unspecified atom stereocenters. The van der Waals surface area contributed by atoms with Gasteiger partial charge in [-0.3, -0.25) is 9.86 Å². The Morgan fingerprint density at radius 2 is 1.94 bits per heavy atom. The largest absolute Gasteiger partial charge is 0.497 e. The van der Waals surface area contributed by atoms with Gasteiger partial charge in [-0.15, -0.1) is 11.3 Å². The number of hydrogen-bond donors (Lipinski definition) is 3. The van der Waals surface area contributed by atoms with E-state index in [4.69, 9.17) is 19.6 Å².